The molecule has 0 saturated carbocycles. The Morgan fingerprint density at radius 1 is 1.47 bits per heavy atom. The van der Waals surface area contributed by atoms with Crippen molar-refractivity contribution in [2.75, 3.05) is 19.1 Å². The van der Waals surface area contributed by atoms with Crippen LogP contribution in [-0.2, 0) is 7.05 Å². The number of carbonyl (C=O) groups excluding carboxylic acids is 1. The molecule has 0 bridgehead atoms. The van der Waals surface area contributed by atoms with Crippen molar-refractivity contribution in [1.82, 2.24) is 14.8 Å². The number of ether oxygens (including phenoxy) is 1. The molecular formula is C13H16N4O2. The summed E-state index contributed by atoms with van der Waals surface area (Å²) in [6, 6.07) is 5.30. The van der Waals surface area contributed by atoms with E-state index in [0.29, 0.717) is 17.3 Å². The fourth-order valence-corrected chi connectivity index (χ4v) is 1.89. The van der Waals surface area contributed by atoms with Crippen LogP contribution in [0.2, 0.25) is 0 Å². The predicted octanol–water partition coefficient (Wildman–Crippen LogP) is 1.41. The van der Waals surface area contributed by atoms with Gasteiger partial charge in [0, 0.05) is 20.3 Å². The molecule has 6 heteroatoms. The number of nitrogens with zero attached hydrogens (tertiary/aromatic N) is 4. The molecule has 0 aliphatic heterocycles. The highest BCUT2D eigenvalue weighted by Gasteiger charge is 2.20. The monoisotopic (exact) mass is 260 g/mol. The second-order valence-electron chi connectivity index (χ2n) is 4.19. The van der Waals surface area contributed by atoms with E-state index < -0.39 is 0 Å². The van der Waals surface area contributed by atoms with Gasteiger partial charge in [-0.15, -0.1) is 0 Å². The summed E-state index contributed by atoms with van der Waals surface area (Å²) in [5.41, 5.74) is 1.94. The van der Waals surface area contributed by atoms with Crippen LogP contribution in [0.1, 0.15) is 16.2 Å². The van der Waals surface area contributed by atoms with Crippen LogP contribution in [0.4, 0.5) is 5.69 Å². The van der Waals surface area contributed by atoms with E-state index in [2.05, 4.69) is 10.1 Å². The smallest absolute Gasteiger partial charge is 0.276 e. The highest BCUT2D eigenvalue weighted by atomic mass is 16.5. The maximum Gasteiger partial charge on any atom is 0.276 e. The first-order chi connectivity index (χ1) is 9.04. The maximum absolute atomic E-state index is 12.4. The summed E-state index contributed by atoms with van der Waals surface area (Å²) in [5, 5.41) is 4.17. The standard InChI is InChI=1S/C13H16N4O2/c1-9-8-11(17(3)15-9)13(18)16(2)10-6-5-7-14-12(10)19-4/h5-8H,1-4H3. The van der Waals surface area contributed by atoms with Crippen molar-refractivity contribution in [3.05, 3.63) is 35.8 Å². The topological polar surface area (TPSA) is 60.2 Å². The molecule has 1 amide bonds. The summed E-state index contributed by atoms with van der Waals surface area (Å²) in [6.45, 7) is 1.85. The number of carbonyl (C=O) groups is 1. The molecule has 19 heavy (non-hydrogen) atoms. The van der Waals surface area contributed by atoms with E-state index in [1.807, 2.05) is 6.92 Å². The second-order valence-corrected chi connectivity index (χ2v) is 4.19. The average Bonchev–Trinajstić information content (AvgIpc) is 2.76. The molecular weight excluding hydrogens is 244 g/mol. The number of hydrogen-bond acceptors (Lipinski definition) is 4. The molecule has 0 N–H and O–H groups in total. The molecule has 0 aromatic carbocycles. The normalized spacial score (nSPS) is 10.3. The van der Waals surface area contributed by atoms with Crippen molar-refractivity contribution < 1.29 is 9.53 Å². The summed E-state index contributed by atoms with van der Waals surface area (Å²) >= 11 is 0. The van der Waals surface area contributed by atoms with Crippen molar-refractivity contribution in [2.45, 2.75) is 6.92 Å². The molecule has 0 aliphatic carbocycles. The number of hydrogen-bond donors (Lipinski definition) is 0. The van der Waals surface area contributed by atoms with Crippen LogP contribution < -0.4 is 9.64 Å². The SMILES string of the molecule is COc1ncccc1N(C)C(=O)c1cc(C)nn1C. The van der Waals surface area contributed by atoms with Crippen molar-refractivity contribution in [2.24, 2.45) is 7.05 Å². The highest BCUT2D eigenvalue weighted by Crippen LogP contribution is 2.25. The van der Waals surface area contributed by atoms with Gasteiger partial charge in [-0.25, -0.2) is 4.98 Å². The number of amides is 1. The molecule has 0 radical (unpaired) electrons. The highest BCUT2D eigenvalue weighted by molar-refractivity contribution is 6.05. The zero-order valence-corrected chi connectivity index (χ0v) is 11.4. The molecule has 100 valence electrons. The molecule has 0 fully saturated rings. The van der Waals surface area contributed by atoms with E-state index in [1.165, 1.54) is 12.0 Å². The summed E-state index contributed by atoms with van der Waals surface area (Å²) in [5.74, 6) is 0.256. The molecule has 2 aromatic heterocycles. The van der Waals surface area contributed by atoms with Gasteiger partial charge in [-0.2, -0.15) is 5.10 Å². The predicted molar refractivity (Wildman–Crippen MR) is 71.5 cm³/mol. The van der Waals surface area contributed by atoms with E-state index in [4.69, 9.17) is 4.74 Å². The minimum atomic E-state index is -0.158. The third kappa shape index (κ3) is 2.42. The van der Waals surface area contributed by atoms with Gasteiger partial charge >= 0.3 is 0 Å². The molecule has 6 nitrogen and oxygen atoms in total. The molecule has 0 spiro atoms. The number of aromatic nitrogens is 3. The molecule has 2 aromatic rings. The fraction of sp³-hybridized carbons (Fsp3) is 0.308. The third-order valence-corrected chi connectivity index (χ3v) is 2.83. The van der Waals surface area contributed by atoms with Crippen LogP contribution >= 0.6 is 0 Å². The van der Waals surface area contributed by atoms with Gasteiger partial charge in [0.2, 0.25) is 5.88 Å². The zero-order chi connectivity index (χ0) is 14.0. The first-order valence-corrected chi connectivity index (χ1v) is 5.82. The van der Waals surface area contributed by atoms with Crippen LogP contribution in [-0.4, -0.2) is 34.8 Å². The number of rotatable bonds is 3. The summed E-state index contributed by atoms with van der Waals surface area (Å²) < 4.78 is 6.73. The number of aryl methyl sites for hydroxylation is 2. The van der Waals surface area contributed by atoms with E-state index in [9.17, 15) is 4.79 Å². The lowest BCUT2D eigenvalue weighted by atomic mass is 10.3. The lowest BCUT2D eigenvalue weighted by Gasteiger charge is -2.18. The van der Waals surface area contributed by atoms with Crippen molar-refractivity contribution in [3.8, 4) is 5.88 Å². The number of anilines is 1. The Morgan fingerprint density at radius 3 is 2.79 bits per heavy atom. The van der Waals surface area contributed by atoms with E-state index in [-0.39, 0.29) is 5.91 Å². The van der Waals surface area contributed by atoms with Gasteiger partial charge in [0.15, 0.2) is 0 Å². The van der Waals surface area contributed by atoms with Crippen molar-refractivity contribution in [1.29, 1.82) is 0 Å². The van der Waals surface area contributed by atoms with Crippen LogP contribution in [0.5, 0.6) is 5.88 Å². The van der Waals surface area contributed by atoms with E-state index >= 15 is 0 Å². The Kier molecular flexibility index (Phi) is 3.50. The average molecular weight is 260 g/mol. The minimum absolute atomic E-state index is 0.158. The van der Waals surface area contributed by atoms with Gasteiger partial charge in [0.25, 0.3) is 5.91 Å². The minimum Gasteiger partial charge on any atom is -0.480 e. The molecule has 0 saturated heterocycles. The van der Waals surface area contributed by atoms with Gasteiger partial charge in [-0.3, -0.25) is 9.48 Å². The van der Waals surface area contributed by atoms with Crippen LogP contribution in [0.15, 0.2) is 24.4 Å². The largest absolute Gasteiger partial charge is 0.480 e. The molecule has 0 unspecified atom stereocenters. The third-order valence-electron chi connectivity index (χ3n) is 2.83. The lowest BCUT2D eigenvalue weighted by Crippen LogP contribution is -2.28. The number of pyridine rings is 1. The Hall–Kier alpha value is -2.37. The first-order valence-electron chi connectivity index (χ1n) is 5.82. The molecule has 0 aliphatic rings. The Morgan fingerprint density at radius 2 is 2.21 bits per heavy atom. The summed E-state index contributed by atoms with van der Waals surface area (Å²) in [7, 11) is 4.96. The van der Waals surface area contributed by atoms with E-state index in [0.717, 1.165) is 5.69 Å². The van der Waals surface area contributed by atoms with Crippen LogP contribution in [0.3, 0.4) is 0 Å². The quantitative estimate of drug-likeness (QED) is 0.837. The Labute approximate surface area is 111 Å². The van der Waals surface area contributed by atoms with Gasteiger partial charge in [0.05, 0.1) is 12.8 Å². The van der Waals surface area contributed by atoms with Crippen molar-refractivity contribution in [3.63, 3.8) is 0 Å². The van der Waals surface area contributed by atoms with Gasteiger partial charge in [0.1, 0.15) is 11.4 Å². The van der Waals surface area contributed by atoms with Gasteiger partial charge in [-0.1, -0.05) is 0 Å². The van der Waals surface area contributed by atoms with E-state index in [1.54, 1.807) is 43.2 Å². The first kappa shape index (κ1) is 13.1. The Balaban J connectivity index is 2.36. The molecule has 2 rings (SSSR count). The lowest BCUT2D eigenvalue weighted by molar-refractivity contribution is 0.0983. The summed E-state index contributed by atoms with van der Waals surface area (Å²) in [4.78, 5) is 18.0. The van der Waals surface area contributed by atoms with Crippen LogP contribution in [0.25, 0.3) is 0 Å². The summed E-state index contributed by atoms with van der Waals surface area (Å²) in [6.07, 6.45) is 1.62. The molecule has 0 atom stereocenters. The zero-order valence-electron chi connectivity index (χ0n) is 11.4. The maximum atomic E-state index is 12.4. The molecule has 2 heterocycles. The Bertz CT molecular complexity index is 606. The number of methoxy groups -OCH3 is 1. The van der Waals surface area contributed by atoms with Crippen LogP contribution in [0, 0.1) is 6.92 Å². The fourth-order valence-electron chi connectivity index (χ4n) is 1.89. The van der Waals surface area contributed by atoms with Gasteiger partial charge in [-0.05, 0) is 25.1 Å². The second kappa shape index (κ2) is 5.09. The van der Waals surface area contributed by atoms with Gasteiger partial charge < -0.3 is 9.64 Å². The van der Waals surface area contributed by atoms with Crippen molar-refractivity contribution >= 4 is 11.6 Å².